The van der Waals surface area contributed by atoms with Gasteiger partial charge in [-0.15, -0.1) is 0 Å². The average Bonchev–Trinajstić information content (AvgIpc) is 3.23. The lowest BCUT2D eigenvalue weighted by Gasteiger charge is -2.40. The Kier molecular flexibility index (Phi) is 7.14. The molecule has 0 aromatic carbocycles. The van der Waals surface area contributed by atoms with Crippen molar-refractivity contribution in [2.45, 2.75) is 77.9 Å². The van der Waals surface area contributed by atoms with E-state index in [-0.39, 0.29) is 12.0 Å². The topological polar surface area (TPSA) is 41.6 Å². The van der Waals surface area contributed by atoms with Crippen molar-refractivity contribution in [3.8, 4) is 0 Å². The summed E-state index contributed by atoms with van der Waals surface area (Å²) in [6, 6.07) is 0.789. The number of hydrogen-bond acceptors (Lipinski definition) is 4. The number of carbonyl (C=O) groups excluding carboxylic acids is 1. The van der Waals surface area contributed by atoms with E-state index in [0.717, 1.165) is 32.2 Å². The van der Waals surface area contributed by atoms with Gasteiger partial charge in [-0.25, -0.2) is 4.79 Å². The Morgan fingerprint density at radius 3 is 2.24 bits per heavy atom. The van der Waals surface area contributed by atoms with Crippen LogP contribution < -0.4 is 5.32 Å². The number of esters is 1. The zero-order chi connectivity index (χ0) is 16.0. The van der Waals surface area contributed by atoms with Crippen molar-refractivity contribution < 1.29 is 9.53 Å². The maximum atomic E-state index is 12.7. The van der Waals surface area contributed by atoms with Gasteiger partial charge in [0.1, 0.15) is 5.54 Å². The fraction of sp³-hybridized carbons (Fsp3) is 0.941. The molecule has 4 heteroatoms. The molecule has 0 amide bonds. The summed E-state index contributed by atoms with van der Waals surface area (Å²) in [5.41, 5.74) is -0.540. The lowest BCUT2D eigenvalue weighted by molar-refractivity contribution is -0.154. The quantitative estimate of drug-likeness (QED) is 0.630. The molecule has 1 atom stereocenters. The Hall–Kier alpha value is -0.610. The number of ether oxygens (including phenoxy) is 1. The molecule has 0 aromatic heterocycles. The van der Waals surface area contributed by atoms with E-state index in [1.807, 2.05) is 6.92 Å². The van der Waals surface area contributed by atoms with Gasteiger partial charge in [0.2, 0.25) is 0 Å². The van der Waals surface area contributed by atoms with Gasteiger partial charge in [0.15, 0.2) is 0 Å². The molecule has 0 aliphatic heterocycles. The smallest absolute Gasteiger partial charge is 0.327 e. The van der Waals surface area contributed by atoms with Crippen LogP contribution in [-0.2, 0) is 9.53 Å². The van der Waals surface area contributed by atoms with Gasteiger partial charge < -0.3 is 9.64 Å². The standard InChI is InChI=1S/C17H34N2O2/c1-7-15(8-2)19(6)12-17(14-10-11-14,18-13(4)5)16(20)21-9-3/h13-15,18H,7-12H2,1-6H3. The summed E-state index contributed by atoms with van der Waals surface area (Å²) < 4.78 is 5.43. The van der Waals surface area contributed by atoms with Crippen LogP contribution in [0.2, 0.25) is 0 Å². The fourth-order valence-electron chi connectivity index (χ4n) is 3.37. The second-order valence-electron chi connectivity index (χ2n) is 6.65. The van der Waals surface area contributed by atoms with E-state index in [2.05, 4.69) is 45.0 Å². The van der Waals surface area contributed by atoms with Crippen LogP contribution in [0.25, 0.3) is 0 Å². The Labute approximate surface area is 130 Å². The number of likely N-dealkylation sites (N-methyl/N-ethyl adjacent to an activating group) is 1. The maximum Gasteiger partial charge on any atom is 0.327 e. The van der Waals surface area contributed by atoms with Crippen molar-refractivity contribution >= 4 is 5.97 Å². The molecule has 1 fully saturated rings. The first-order chi connectivity index (χ1) is 9.91. The van der Waals surface area contributed by atoms with Crippen LogP contribution in [0.1, 0.15) is 60.3 Å². The zero-order valence-electron chi connectivity index (χ0n) is 14.7. The van der Waals surface area contributed by atoms with Crippen molar-refractivity contribution in [1.29, 1.82) is 0 Å². The Bertz CT molecular complexity index is 325. The van der Waals surface area contributed by atoms with Crippen molar-refractivity contribution in [1.82, 2.24) is 10.2 Å². The van der Waals surface area contributed by atoms with Crippen molar-refractivity contribution in [3.63, 3.8) is 0 Å². The zero-order valence-corrected chi connectivity index (χ0v) is 14.7. The van der Waals surface area contributed by atoms with Crippen LogP contribution in [-0.4, -0.2) is 48.7 Å². The molecule has 1 rings (SSSR count). The molecular formula is C17H34N2O2. The Morgan fingerprint density at radius 1 is 1.29 bits per heavy atom. The van der Waals surface area contributed by atoms with Gasteiger partial charge >= 0.3 is 5.97 Å². The summed E-state index contributed by atoms with van der Waals surface area (Å²) in [5.74, 6) is 0.342. The fourth-order valence-corrected chi connectivity index (χ4v) is 3.37. The first-order valence-corrected chi connectivity index (χ1v) is 8.56. The van der Waals surface area contributed by atoms with E-state index >= 15 is 0 Å². The monoisotopic (exact) mass is 298 g/mol. The molecule has 0 heterocycles. The van der Waals surface area contributed by atoms with E-state index in [0.29, 0.717) is 18.6 Å². The molecule has 21 heavy (non-hydrogen) atoms. The second kappa shape index (κ2) is 8.14. The van der Waals surface area contributed by atoms with Crippen LogP contribution in [0.15, 0.2) is 0 Å². The molecule has 124 valence electrons. The largest absolute Gasteiger partial charge is 0.465 e. The van der Waals surface area contributed by atoms with Crippen LogP contribution in [0, 0.1) is 5.92 Å². The molecule has 4 nitrogen and oxygen atoms in total. The van der Waals surface area contributed by atoms with E-state index in [1.165, 1.54) is 0 Å². The SMILES string of the molecule is CCOC(=O)C(CN(C)C(CC)CC)(NC(C)C)C1CC1. The highest BCUT2D eigenvalue weighted by atomic mass is 16.5. The minimum Gasteiger partial charge on any atom is -0.465 e. The van der Waals surface area contributed by atoms with Gasteiger partial charge in [0, 0.05) is 18.6 Å². The summed E-state index contributed by atoms with van der Waals surface area (Å²) in [6.07, 6.45) is 4.46. The third-order valence-corrected chi connectivity index (χ3v) is 4.52. The molecule has 1 saturated carbocycles. The molecule has 0 radical (unpaired) electrons. The molecule has 1 unspecified atom stereocenters. The molecule has 1 aliphatic carbocycles. The average molecular weight is 298 g/mol. The number of nitrogens with zero attached hydrogens (tertiary/aromatic N) is 1. The minimum absolute atomic E-state index is 0.0704. The van der Waals surface area contributed by atoms with Gasteiger partial charge in [-0.2, -0.15) is 0 Å². The first kappa shape index (κ1) is 18.4. The van der Waals surface area contributed by atoms with Crippen molar-refractivity contribution in [2.24, 2.45) is 5.92 Å². The number of hydrogen-bond donors (Lipinski definition) is 1. The predicted octanol–water partition coefficient (Wildman–Crippen LogP) is 2.82. The van der Waals surface area contributed by atoms with Crippen molar-refractivity contribution in [2.75, 3.05) is 20.2 Å². The number of rotatable bonds is 10. The molecular weight excluding hydrogens is 264 g/mol. The third-order valence-electron chi connectivity index (χ3n) is 4.52. The van der Waals surface area contributed by atoms with Gasteiger partial charge in [-0.05, 0) is 59.4 Å². The molecule has 0 spiro atoms. The summed E-state index contributed by atoms with van der Waals surface area (Å²) in [6.45, 7) is 11.7. The van der Waals surface area contributed by atoms with Crippen LogP contribution in [0.5, 0.6) is 0 Å². The lowest BCUT2D eigenvalue weighted by Crippen LogP contribution is -2.63. The third kappa shape index (κ3) is 4.68. The van der Waals surface area contributed by atoms with Gasteiger partial charge in [0.25, 0.3) is 0 Å². The van der Waals surface area contributed by atoms with E-state index < -0.39 is 5.54 Å². The Morgan fingerprint density at radius 2 is 1.86 bits per heavy atom. The number of carbonyl (C=O) groups is 1. The van der Waals surface area contributed by atoms with Crippen LogP contribution >= 0.6 is 0 Å². The summed E-state index contributed by atoms with van der Waals surface area (Å²) in [7, 11) is 2.13. The van der Waals surface area contributed by atoms with Crippen molar-refractivity contribution in [3.05, 3.63) is 0 Å². The molecule has 0 bridgehead atoms. The van der Waals surface area contributed by atoms with Crippen LogP contribution in [0.3, 0.4) is 0 Å². The molecule has 0 aromatic rings. The highest BCUT2D eigenvalue weighted by Crippen LogP contribution is 2.41. The predicted molar refractivity (Wildman–Crippen MR) is 87.4 cm³/mol. The minimum atomic E-state index is -0.540. The highest BCUT2D eigenvalue weighted by Gasteiger charge is 2.53. The lowest BCUT2D eigenvalue weighted by atomic mass is 9.90. The maximum absolute atomic E-state index is 12.7. The van der Waals surface area contributed by atoms with E-state index in [1.54, 1.807) is 0 Å². The van der Waals surface area contributed by atoms with Crippen LogP contribution in [0.4, 0.5) is 0 Å². The van der Waals surface area contributed by atoms with Gasteiger partial charge in [-0.1, -0.05) is 13.8 Å². The normalized spacial score (nSPS) is 18.3. The Balaban J connectivity index is 2.96. The first-order valence-electron chi connectivity index (χ1n) is 8.56. The summed E-state index contributed by atoms with van der Waals surface area (Å²) in [4.78, 5) is 15.0. The number of nitrogens with one attached hydrogen (secondary N) is 1. The van der Waals surface area contributed by atoms with Gasteiger partial charge in [-0.3, -0.25) is 5.32 Å². The molecule has 1 N–H and O–H groups in total. The highest BCUT2D eigenvalue weighted by molar-refractivity contribution is 5.82. The second-order valence-corrected chi connectivity index (χ2v) is 6.65. The summed E-state index contributed by atoms with van der Waals surface area (Å²) in [5, 5.41) is 3.56. The van der Waals surface area contributed by atoms with Gasteiger partial charge in [0.05, 0.1) is 6.61 Å². The molecule has 0 saturated heterocycles. The van der Waals surface area contributed by atoms with E-state index in [4.69, 9.17) is 4.74 Å². The summed E-state index contributed by atoms with van der Waals surface area (Å²) >= 11 is 0. The molecule has 1 aliphatic rings. The van der Waals surface area contributed by atoms with E-state index in [9.17, 15) is 4.79 Å².